The molecule has 0 aliphatic heterocycles. The van der Waals surface area contributed by atoms with Crippen LogP contribution in [0.1, 0.15) is 41.7 Å². The number of hydrogen-bond acceptors (Lipinski definition) is 5. The van der Waals surface area contributed by atoms with Crippen molar-refractivity contribution in [3.05, 3.63) is 64.7 Å². The number of hydrogen-bond donors (Lipinski definition) is 1. The average molecular weight is 404 g/mol. The first-order chi connectivity index (χ1) is 13.5. The summed E-state index contributed by atoms with van der Waals surface area (Å²) in [5, 5.41) is 3.04. The lowest BCUT2D eigenvalue weighted by molar-refractivity contribution is -0.147. The lowest BCUT2D eigenvalue weighted by Gasteiger charge is -2.17. The summed E-state index contributed by atoms with van der Waals surface area (Å²) in [6.45, 7) is 1.89. The van der Waals surface area contributed by atoms with Crippen molar-refractivity contribution < 1.29 is 23.9 Å². The summed E-state index contributed by atoms with van der Waals surface area (Å²) in [7, 11) is 1.45. The quantitative estimate of drug-likeness (QED) is 0.509. The normalized spacial score (nSPS) is 11.4. The highest BCUT2D eigenvalue weighted by Crippen LogP contribution is 2.24. The van der Waals surface area contributed by atoms with Crippen molar-refractivity contribution >= 4 is 29.3 Å². The minimum Gasteiger partial charge on any atom is -0.496 e. The molecule has 0 radical (unpaired) electrons. The first-order valence-corrected chi connectivity index (χ1v) is 9.21. The SMILES string of the molecule is CCOC(=O)C(NC(=O)CCC(=O)c1cc(Cl)ccc1OC)c1ccccc1. The number of esters is 1. The van der Waals surface area contributed by atoms with Crippen LogP contribution in [0, 0.1) is 0 Å². The Labute approximate surface area is 168 Å². The molecule has 0 spiro atoms. The summed E-state index contributed by atoms with van der Waals surface area (Å²) < 4.78 is 10.2. The molecule has 1 N–H and O–H groups in total. The Kier molecular flexibility index (Phi) is 8.02. The van der Waals surface area contributed by atoms with E-state index in [4.69, 9.17) is 21.1 Å². The second kappa shape index (κ2) is 10.5. The number of ether oxygens (including phenoxy) is 2. The summed E-state index contributed by atoms with van der Waals surface area (Å²) in [4.78, 5) is 37.1. The van der Waals surface area contributed by atoms with Crippen molar-refractivity contribution in [2.75, 3.05) is 13.7 Å². The molecule has 2 aromatic rings. The Morgan fingerprint density at radius 3 is 2.43 bits per heavy atom. The van der Waals surface area contributed by atoms with Gasteiger partial charge in [0.1, 0.15) is 5.75 Å². The Morgan fingerprint density at radius 2 is 1.79 bits per heavy atom. The zero-order valence-electron chi connectivity index (χ0n) is 15.7. The highest BCUT2D eigenvalue weighted by Gasteiger charge is 2.24. The van der Waals surface area contributed by atoms with Crippen molar-refractivity contribution in [2.24, 2.45) is 0 Å². The fourth-order valence-corrected chi connectivity index (χ4v) is 2.81. The molecular formula is C21H22ClNO5. The molecule has 0 aliphatic rings. The number of Topliss-reactive ketones (excluding diaryl/α,β-unsaturated/α-hetero) is 1. The Hall–Kier alpha value is -2.86. The zero-order chi connectivity index (χ0) is 20.5. The molecule has 6 nitrogen and oxygen atoms in total. The molecule has 7 heteroatoms. The maximum Gasteiger partial charge on any atom is 0.333 e. The van der Waals surface area contributed by atoms with Crippen LogP contribution in [0.25, 0.3) is 0 Å². The third-order valence-electron chi connectivity index (χ3n) is 4.00. The van der Waals surface area contributed by atoms with E-state index < -0.39 is 17.9 Å². The molecule has 2 aromatic carbocycles. The predicted octanol–water partition coefficient (Wildman–Crippen LogP) is 3.73. The average Bonchev–Trinajstić information content (AvgIpc) is 2.71. The van der Waals surface area contributed by atoms with Gasteiger partial charge in [-0.15, -0.1) is 0 Å². The molecule has 0 aliphatic carbocycles. The van der Waals surface area contributed by atoms with Crippen LogP contribution in [0.4, 0.5) is 0 Å². The molecule has 2 rings (SSSR count). The number of ketones is 1. The number of benzene rings is 2. The number of nitrogens with one attached hydrogen (secondary N) is 1. The van der Waals surface area contributed by atoms with Crippen LogP contribution in [-0.4, -0.2) is 31.4 Å². The summed E-state index contributed by atoms with van der Waals surface area (Å²) in [6.07, 6.45) is -0.135. The van der Waals surface area contributed by atoms with E-state index in [1.807, 2.05) is 6.07 Å². The van der Waals surface area contributed by atoms with Gasteiger partial charge in [0.25, 0.3) is 0 Å². The topological polar surface area (TPSA) is 81.7 Å². The Morgan fingerprint density at radius 1 is 1.07 bits per heavy atom. The van der Waals surface area contributed by atoms with Crippen molar-refractivity contribution in [1.82, 2.24) is 5.32 Å². The summed E-state index contributed by atoms with van der Waals surface area (Å²) in [5.41, 5.74) is 0.921. The highest BCUT2D eigenvalue weighted by atomic mass is 35.5. The minimum atomic E-state index is -0.926. The molecule has 28 heavy (non-hydrogen) atoms. The van der Waals surface area contributed by atoms with E-state index in [-0.39, 0.29) is 25.2 Å². The van der Waals surface area contributed by atoms with Gasteiger partial charge in [-0.3, -0.25) is 9.59 Å². The van der Waals surface area contributed by atoms with Crippen LogP contribution in [0.3, 0.4) is 0 Å². The van der Waals surface area contributed by atoms with Gasteiger partial charge in [0.05, 0.1) is 19.3 Å². The molecule has 1 unspecified atom stereocenters. The van der Waals surface area contributed by atoms with E-state index in [1.54, 1.807) is 43.3 Å². The second-order valence-corrected chi connectivity index (χ2v) is 6.37. The number of methoxy groups -OCH3 is 1. The third kappa shape index (κ3) is 5.82. The van der Waals surface area contributed by atoms with E-state index >= 15 is 0 Å². The van der Waals surface area contributed by atoms with Crippen LogP contribution in [0.2, 0.25) is 5.02 Å². The third-order valence-corrected chi connectivity index (χ3v) is 4.24. The second-order valence-electron chi connectivity index (χ2n) is 5.93. The molecular weight excluding hydrogens is 382 g/mol. The van der Waals surface area contributed by atoms with Crippen molar-refractivity contribution in [1.29, 1.82) is 0 Å². The lowest BCUT2D eigenvalue weighted by Crippen LogP contribution is -2.35. The van der Waals surface area contributed by atoms with E-state index in [0.717, 1.165) is 0 Å². The molecule has 0 saturated heterocycles. The van der Waals surface area contributed by atoms with E-state index in [1.165, 1.54) is 13.2 Å². The van der Waals surface area contributed by atoms with Crippen molar-refractivity contribution in [3.8, 4) is 5.75 Å². The highest BCUT2D eigenvalue weighted by molar-refractivity contribution is 6.31. The lowest BCUT2D eigenvalue weighted by atomic mass is 10.0. The largest absolute Gasteiger partial charge is 0.496 e. The number of amides is 1. The molecule has 1 atom stereocenters. The number of carbonyl (C=O) groups excluding carboxylic acids is 3. The smallest absolute Gasteiger partial charge is 0.333 e. The van der Waals surface area contributed by atoms with Crippen LogP contribution in [0.15, 0.2) is 48.5 Å². The van der Waals surface area contributed by atoms with Crippen LogP contribution >= 0.6 is 11.6 Å². The number of rotatable bonds is 9. The standard InChI is InChI=1S/C21H22ClNO5/c1-3-28-21(26)20(14-7-5-4-6-8-14)23-19(25)12-10-17(24)16-13-15(22)9-11-18(16)27-2/h4-9,11,13,20H,3,10,12H2,1-2H3,(H,23,25). The predicted molar refractivity (Wildman–Crippen MR) is 106 cm³/mol. The summed E-state index contributed by atoms with van der Waals surface area (Å²) in [5.74, 6) is -0.869. The van der Waals surface area contributed by atoms with Gasteiger partial charge >= 0.3 is 5.97 Å². The van der Waals surface area contributed by atoms with Crippen LogP contribution in [0.5, 0.6) is 5.75 Å². The maximum atomic E-state index is 12.5. The van der Waals surface area contributed by atoms with Gasteiger partial charge in [0.2, 0.25) is 5.91 Å². The fourth-order valence-electron chi connectivity index (χ4n) is 2.64. The molecule has 0 heterocycles. The number of halogens is 1. The summed E-state index contributed by atoms with van der Waals surface area (Å²) >= 11 is 5.94. The van der Waals surface area contributed by atoms with E-state index in [2.05, 4.69) is 5.32 Å². The maximum absolute atomic E-state index is 12.5. The van der Waals surface area contributed by atoms with Crippen LogP contribution < -0.4 is 10.1 Å². The Bertz CT molecular complexity index is 838. The molecule has 0 saturated carbocycles. The minimum absolute atomic E-state index is 0.0487. The summed E-state index contributed by atoms with van der Waals surface area (Å²) in [6, 6.07) is 12.6. The first kappa shape index (κ1) is 21.4. The monoisotopic (exact) mass is 403 g/mol. The van der Waals surface area contributed by atoms with E-state index in [9.17, 15) is 14.4 Å². The number of carbonyl (C=O) groups is 3. The van der Waals surface area contributed by atoms with Crippen molar-refractivity contribution in [2.45, 2.75) is 25.8 Å². The molecule has 0 bridgehead atoms. The van der Waals surface area contributed by atoms with Gasteiger partial charge in [-0.05, 0) is 30.7 Å². The fraction of sp³-hybridized carbons (Fsp3) is 0.286. The molecule has 1 amide bonds. The van der Waals surface area contributed by atoms with Gasteiger partial charge in [-0.25, -0.2) is 4.79 Å². The first-order valence-electron chi connectivity index (χ1n) is 8.84. The van der Waals surface area contributed by atoms with Gasteiger partial charge in [0.15, 0.2) is 11.8 Å². The van der Waals surface area contributed by atoms with E-state index in [0.29, 0.717) is 21.9 Å². The zero-order valence-corrected chi connectivity index (χ0v) is 16.5. The van der Waals surface area contributed by atoms with Crippen molar-refractivity contribution in [3.63, 3.8) is 0 Å². The molecule has 148 valence electrons. The van der Waals surface area contributed by atoms with Gasteiger partial charge in [0, 0.05) is 17.9 Å². The van der Waals surface area contributed by atoms with Crippen LogP contribution in [-0.2, 0) is 14.3 Å². The Balaban J connectivity index is 2.04. The van der Waals surface area contributed by atoms with Gasteiger partial charge < -0.3 is 14.8 Å². The molecule has 0 fully saturated rings. The van der Waals surface area contributed by atoms with Gasteiger partial charge in [-0.1, -0.05) is 41.9 Å². The van der Waals surface area contributed by atoms with Gasteiger partial charge in [-0.2, -0.15) is 0 Å². The molecule has 0 aromatic heterocycles.